The Bertz CT molecular complexity index is 406. The normalized spacial score (nSPS) is 20.4. The molecule has 1 atom stereocenters. The topological polar surface area (TPSA) is 64.4 Å². The molecule has 110 valence electrons. The van der Waals surface area contributed by atoms with Crippen LogP contribution in [0.4, 0.5) is 0 Å². The van der Waals surface area contributed by atoms with Gasteiger partial charge in [0.2, 0.25) is 10.0 Å². The Labute approximate surface area is 117 Å². The number of nitrogens with zero attached hydrogens (tertiary/aromatic N) is 3. The van der Waals surface area contributed by atoms with Crippen molar-refractivity contribution in [2.45, 2.75) is 39.7 Å². The summed E-state index contributed by atoms with van der Waals surface area (Å²) in [5, 5.41) is 9.13. The second-order valence-corrected chi connectivity index (χ2v) is 7.55. The zero-order valence-corrected chi connectivity index (χ0v) is 13.0. The van der Waals surface area contributed by atoms with Crippen molar-refractivity contribution in [3.05, 3.63) is 0 Å². The lowest BCUT2D eigenvalue weighted by molar-refractivity contribution is 0.156. The number of nitriles is 1. The Morgan fingerprint density at radius 1 is 1.21 bits per heavy atom. The fourth-order valence-corrected chi connectivity index (χ4v) is 4.20. The van der Waals surface area contributed by atoms with Crippen LogP contribution in [0.3, 0.4) is 0 Å². The van der Waals surface area contributed by atoms with Gasteiger partial charge in [-0.05, 0) is 12.3 Å². The van der Waals surface area contributed by atoms with E-state index in [9.17, 15) is 8.42 Å². The zero-order valence-electron chi connectivity index (χ0n) is 12.2. The van der Waals surface area contributed by atoms with E-state index in [1.54, 1.807) is 4.31 Å². The van der Waals surface area contributed by atoms with Crippen molar-refractivity contribution in [3.63, 3.8) is 0 Å². The summed E-state index contributed by atoms with van der Waals surface area (Å²) >= 11 is 0. The van der Waals surface area contributed by atoms with Gasteiger partial charge in [-0.15, -0.1) is 0 Å². The highest BCUT2D eigenvalue weighted by Crippen LogP contribution is 2.14. The van der Waals surface area contributed by atoms with Crippen molar-refractivity contribution in [2.75, 3.05) is 31.9 Å². The Morgan fingerprint density at radius 2 is 1.79 bits per heavy atom. The molecule has 19 heavy (non-hydrogen) atoms. The molecule has 6 heteroatoms. The molecule has 1 saturated heterocycles. The summed E-state index contributed by atoms with van der Waals surface area (Å²) in [6.45, 7) is 8.24. The van der Waals surface area contributed by atoms with E-state index in [1.807, 2.05) is 13.8 Å². The first-order valence-electron chi connectivity index (χ1n) is 7.02. The standard InChI is InChI=1S/C13H25N3O2S/c1-4-5-13(10-14)15-6-8-16(9-7-15)19(17,18)11-12(2)3/h12-13H,4-9,11H2,1-3H3. The molecule has 0 amide bonds. The predicted molar refractivity (Wildman–Crippen MR) is 76.1 cm³/mol. The summed E-state index contributed by atoms with van der Waals surface area (Å²) in [7, 11) is -3.13. The van der Waals surface area contributed by atoms with Crippen molar-refractivity contribution >= 4 is 10.0 Å². The molecular weight excluding hydrogens is 262 g/mol. The number of hydrogen-bond donors (Lipinski definition) is 0. The van der Waals surface area contributed by atoms with E-state index in [0.717, 1.165) is 12.8 Å². The van der Waals surface area contributed by atoms with Gasteiger partial charge in [0.1, 0.15) is 0 Å². The van der Waals surface area contributed by atoms with Crippen molar-refractivity contribution in [2.24, 2.45) is 5.92 Å². The number of rotatable bonds is 6. The zero-order chi connectivity index (χ0) is 14.5. The van der Waals surface area contributed by atoms with E-state index in [0.29, 0.717) is 26.2 Å². The third kappa shape index (κ3) is 4.75. The van der Waals surface area contributed by atoms with Crippen LogP contribution in [-0.4, -0.2) is 55.6 Å². The molecule has 1 heterocycles. The lowest BCUT2D eigenvalue weighted by atomic mass is 10.1. The fourth-order valence-electron chi connectivity index (χ4n) is 2.42. The highest BCUT2D eigenvalue weighted by Gasteiger charge is 2.29. The first kappa shape index (κ1) is 16.4. The number of hydrogen-bond acceptors (Lipinski definition) is 4. The summed E-state index contributed by atoms with van der Waals surface area (Å²) in [6, 6.07) is 2.25. The van der Waals surface area contributed by atoms with Crippen LogP contribution in [0.25, 0.3) is 0 Å². The molecule has 0 aromatic rings. The molecule has 0 bridgehead atoms. The van der Waals surface area contributed by atoms with Crippen LogP contribution in [-0.2, 0) is 10.0 Å². The van der Waals surface area contributed by atoms with Gasteiger partial charge in [0.25, 0.3) is 0 Å². The van der Waals surface area contributed by atoms with Crippen LogP contribution in [0.5, 0.6) is 0 Å². The lowest BCUT2D eigenvalue weighted by Gasteiger charge is -2.36. The minimum absolute atomic E-state index is 0.0695. The van der Waals surface area contributed by atoms with Crippen molar-refractivity contribution in [3.8, 4) is 6.07 Å². The van der Waals surface area contributed by atoms with Gasteiger partial charge < -0.3 is 0 Å². The second kappa shape index (κ2) is 7.22. The molecule has 0 spiro atoms. The summed E-state index contributed by atoms with van der Waals surface area (Å²) in [4.78, 5) is 2.10. The third-order valence-electron chi connectivity index (χ3n) is 3.36. The van der Waals surface area contributed by atoms with Crippen molar-refractivity contribution in [1.82, 2.24) is 9.21 Å². The average Bonchev–Trinajstić information content (AvgIpc) is 2.34. The summed E-state index contributed by atoms with van der Waals surface area (Å²) < 4.78 is 25.8. The molecule has 0 aromatic heterocycles. The van der Waals surface area contributed by atoms with Crippen molar-refractivity contribution in [1.29, 1.82) is 5.26 Å². The third-order valence-corrected chi connectivity index (χ3v) is 5.60. The van der Waals surface area contributed by atoms with Crippen LogP contribution in [0.1, 0.15) is 33.6 Å². The largest absolute Gasteiger partial charge is 0.285 e. The fraction of sp³-hybridized carbons (Fsp3) is 0.923. The summed E-state index contributed by atoms with van der Waals surface area (Å²) in [5.74, 6) is 0.360. The van der Waals surface area contributed by atoms with E-state index in [2.05, 4.69) is 17.9 Å². The maximum atomic E-state index is 12.1. The maximum absolute atomic E-state index is 12.1. The number of piperazine rings is 1. The lowest BCUT2D eigenvalue weighted by Crippen LogP contribution is -2.52. The van der Waals surface area contributed by atoms with E-state index in [4.69, 9.17) is 5.26 Å². The van der Waals surface area contributed by atoms with Gasteiger partial charge in [0.05, 0.1) is 17.9 Å². The second-order valence-electron chi connectivity index (χ2n) is 5.54. The maximum Gasteiger partial charge on any atom is 0.214 e. The van der Waals surface area contributed by atoms with Crippen LogP contribution < -0.4 is 0 Å². The van der Waals surface area contributed by atoms with Crippen LogP contribution >= 0.6 is 0 Å². The average molecular weight is 287 g/mol. The SMILES string of the molecule is CCCC(C#N)N1CCN(S(=O)(=O)CC(C)C)CC1. The molecule has 0 saturated carbocycles. The Balaban J connectivity index is 2.55. The molecule has 0 radical (unpaired) electrons. The van der Waals surface area contributed by atoms with Gasteiger partial charge in [-0.1, -0.05) is 27.2 Å². The van der Waals surface area contributed by atoms with Crippen LogP contribution in [0.2, 0.25) is 0 Å². The summed E-state index contributed by atoms with van der Waals surface area (Å²) in [5.41, 5.74) is 0. The van der Waals surface area contributed by atoms with Gasteiger partial charge in [0.15, 0.2) is 0 Å². The van der Waals surface area contributed by atoms with Crippen molar-refractivity contribution < 1.29 is 8.42 Å². The van der Waals surface area contributed by atoms with E-state index in [1.165, 1.54) is 0 Å². The molecule has 5 nitrogen and oxygen atoms in total. The van der Waals surface area contributed by atoms with Gasteiger partial charge >= 0.3 is 0 Å². The van der Waals surface area contributed by atoms with E-state index < -0.39 is 10.0 Å². The van der Waals surface area contributed by atoms with Gasteiger partial charge in [0, 0.05) is 26.2 Å². The van der Waals surface area contributed by atoms with Gasteiger partial charge in [-0.2, -0.15) is 9.57 Å². The van der Waals surface area contributed by atoms with Crippen LogP contribution in [0.15, 0.2) is 0 Å². The Kier molecular flexibility index (Phi) is 6.24. The van der Waals surface area contributed by atoms with Crippen LogP contribution in [0, 0.1) is 17.2 Å². The number of sulfonamides is 1. The molecule has 0 aliphatic carbocycles. The molecule has 1 aliphatic heterocycles. The van der Waals surface area contributed by atoms with E-state index in [-0.39, 0.29) is 17.7 Å². The predicted octanol–water partition coefficient (Wildman–Crippen LogP) is 1.28. The van der Waals surface area contributed by atoms with Gasteiger partial charge in [-0.3, -0.25) is 4.90 Å². The molecular formula is C13H25N3O2S. The highest BCUT2D eigenvalue weighted by atomic mass is 32.2. The molecule has 1 fully saturated rings. The molecule has 1 unspecified atom stereocenters. The molecule has 1 rings (SSSR count). The smallest absolute Gasteiger partial charge is 0.214 e. The monoisotopic (exact) mass is 287 g/mol. The first-order chi connectivity index (χ1) is 8.90. The summed E-state index contributed by atoms with van der Waals surface area (Å²) in [6.07, 6.45) is 1.83. The minimum Gasteiger partial charge on any atom is -0.285 e. The quantitative estimate of drug-likeness (QED) is 0.738. The molecule has 0 N–H and O–H groups in total. The molecule has 1 aliphatic rings. The van der Waals surface area contributed by atoms with Gasteiger partial charge in [-0.25, -0.2) is 8.42 Å². The highest BCUT2D eigenvalue weighted by molar-refractivity contribution is 7.89. The first-order valence-corrected chi connectivity index (χ1v) is 8.63. The Hall–Kier alpha value is -0.640. The van der Waals surface area contributed by atoms with E-state index >= 15 is 0 Å². The molecule has 0 aromatic carbocycles. The minimum atomic E-state index is -3.13. The Morgan fingerprint density at radius 3 is 2.21 bits per heavy atom.